The fourth-order valence-corrected chi connectivity index (χ4v) is 3.94. The third kappa shape index (κ3) is 3.62. The van der Waals surface area contributed by atoms with Gasteiger partial charge in [-0.1, -0.05) is 0 Å². The number of Topliss-reactive ketones (excluding diaryl/α,β-unsaturated/α-hetero) is 1. The molecule has 0 radical (unpaired) electrons. The van der Waals surface area contributed by atoms with E-state index in [1.165, 1.54) is 18.2 Å². The molecule has 5 rings (SSSR count). The Morgan fingerprint density at radius 3 is 2.78 bits per heavy atom. The second-order valence-corrected chi connectivity index (χ2v) is 7.56. The topological polar surface area (TPSA) is 99.5 Å². The summed E-state index contributed by atoms with van der Waals surface area (Å²) in [5.74, 6) is -1.30. The number of anilines is 1. The van der Waals surface area contributed by atoms with E-state index in [1.54, 1.807) is 28.9 Å². The van der Waals surface area contributed by atoms with E-state index in [0.717, 1.165) is 24.1 Å². The van der Waals surface area contributed by atoms with Gasteiger partial charge in [-0.3, -0.25) is 9.59 Å². The van der Waals surface area contributed by atoms with Gasteiger partial charge in [-0.05, 0) is 61.7 Å². The third-order valence-electron chi connectivity index (χ3n) is 5.46. The van der Waals surface area contributed by atoms with Gasteiger partial charge >= 0.3 is 5.97 Å². The first kappa shape index (κ1) is 19.9. The highest BCUT2D eigenvalue weighted by Gasteiger charge is 2.28. The van der Waals surface area contributed by atoms with Crippen molar-refractivity contribution in [3.8, 4) is 11.4 Å². The first-order valence-corrected chi connectivity index (χ1v) is 10.1. The Bertz CT molecular complexity index is 1250. The number of carbonyl (C=O) groups excluding carboxylic acids is 3. The van der Waals surface area contributed by atoms with Gasteiger partial charge in [0.15, 0.2) is 24.7 Å². The standard InChI is InChI=1S/C23H18FN3O5/c24-14-5-7-15(8-6-14)27-18-3-1-2-16(18)22(26-27)23(30)32-11-19(28)13-4-9-20-17(10-13)25-21(29)12-31-20/h4-10H,1-3,11-12H2,(H,25,29). The van der Waals surface area contributed by atoms with E-state index in [-0.39, 0.29) is 29.6 Å². The molecule has 0 saturated carbocycles. The Labute approximate surface area is 181 Å². The molecule has 0 saturated heterocycles. The summed E-state index contributed by atoms with van der Waals surface area (Å²) in [6, 6.07) is 10.5. The van der Waals surface area contributed by atoms with Crippen LogP contribution in [0.1, 0.15) is 38.5 Å². The molecule has 2 heterocycles. The van der Waals surface area contributed by atoms with E-state index in [1.807, 2.05) is 0 Å². The van der Waals surface area contributed by atoms with Gasteiger partial charge in [0.2, 0.25) is 0 Å². The molecule has 0 fully saturated rings. The summed E-state index contributed by atoms with van der Waals surface area (Å²) in [6.07, 6.45) is 2.30. The van der Waals surface area contributed by atoms with Crippen LogP contribution < -0.4 is 10.1 Å². The van der Waals surface area contributed by atoms with E-state index >= 15 is 0 Å². The van der Waals surface area contributed by atoms with Gasteiger partial charge in [-0.2, -0.15) is 5.10 Å². The Balaban J connectivity index is 1.32. The molecule has 0 bridgehead atoms. The molecule has 1 aliphatic heterocycles. The third-order valence-corrected chi connectivity index (χ3v) is 5.46. The maximum atomic E-state index is 13.3. The van der Waals surface area contributed by atoms with Crippen molar-refractivity contribution in [3.63, 3.8) is 0 Å². The van der Waals surface area contributed by atoms with Crippen molar-refractivity contribution in [2.45, 2.75) is 19.3 Å². The van der Waals surface area contributed by atoms with E-state index in [0.29, 0.717) is 23.5 Å². The Morgan fingerprint density at radius 2 is 1.97 bits per heavy atom. The molecule has 0 unspecified atom stereocenters. The summed E-state index contributed by atoms with van der Waals surface area (Å²) in [7, 11) is 0. The van der Waals surface area contributed by atoms with Gasteiger partial charge in [-0.15, -0.1) is 0 Å². The molecular weight excluding hydrogens is 417 g/mol. The lowest BCUT2D eigenvalue weighted by Gasteiger charge is -2.18. The summed E-state index contributed by atoms with van der Waals surface area (Å²) in [5, 5.41) is 7.03. The highest BCUT2D eigenvalue weighted by molar-refractivity contribution is 6.02. The number of benzene rings is 2. The van der Waals surface area contributed by atoms with Gasteiger partial charge in [0.1, 0.15) is 11.6 Å². The number of hydrogen-bond donors (Lipinski definition) is 1. The second kappa shape index (κ2) is 7.92. The van der Waals surface area contributed by atoms with Crippen LogP contribution in [-0.2, 0) is 22.4 Å². The first-order valence-electron chi connectivity index (χ1n) is 10.1. The number of ether oxygens (including phenoxy) is 2. The van der Waals surface area contributed by atoms with Crippen LogP contribution in [0, 0.1) is 5.82 Å². The summed E-state index contributed by atoms with van der Waals surface area (Å²) >= 11 is 0. The van der Waals surface area contributed by atoms with Gasteiger partial charge < -0.3 is 14.8 Å². The minimum absolute atomic E-state index is 0.0766. The molecule has 32 heavy (non-hydrogen) atoms. The first-order chi connectivity index (χ1) is 15.5. The fourth-order valence-electron chi connectivity index (χ4n) is 3.94. The fraction of sp³-hybridized carbons (Fsp3) is 0.217. The SMILES string of the molecule is O=C1COc2ccc(C(=O)COC(=O)c3nn(-c4ccc(F)cc4)c4c3CCC4)cc2N1. The predicted octanol–water partition coefficient (Wildman–Crippen LogP) is 2.87. The highest BCUT2D eigenvalue weighted by atomic mass is 19.1. The van der Waals surface area contributed by atoms with E-state index in [4.69, 9.17) is 9.47 Å². The average Bonchev–Trinajstić information content (AvgIpc) is 3.40. The zero-order valence-corrected chi connectivity index (χ0v) is 16.9. The minimum atomic E-state index is -0.688. The molecule has 1 amide bonds. The number of fused-ring (bicyclic) bond motifs is 2. The van der Waals surface area contributed by atoms with E-state index < -0.39 is 18.4 Å². The van der Waals surface area contributed by atoms with E-state index in [2.05, 4.69) is 10.4 Å². The number of halogens is 1. The number of aromatic nitrogens is 2. The summed E-state index contributed by atoms with van der Waals surface area (Å²) in [6.45, 7) is -0.544. The smallest absolute Gasteiger partial charge is 0.359 e. The molecule has 9 heteroatoms. The summed E-state index contributed by atoms with van der Waals surface area (Å²) in [5.41, 5.74) is 3.18. The number of amides is 1. The number of carbonyl (C=O) groups is 3. The number of rotatable bonds is 5. The van der Waals surface area contributed by atoms with Crippen LogP contribution >= 0.6 is 0 Å². The molecule has 1 aromatic heterocycles. The van der Waals surface area contributed by atoms with Gasteiger partial charge in [0, 0.05) is 16.8 Å². The Hall–Kier alpha value is -4.01. The van der Waals surface area contributed by atoms with Crippen molar-refractivity contribution in [3.05, 3.63) is 70.8 Å². The lowest BCUT2D eigenvalue weighted by molar-refractivity contribution is -0.118. The average molecular weight is 435 g/mol. The Morgan fingerprint density at radius 1 is 1.16 bits per heavy atom. The number of hydrogen-bond acceptors (Lipinski definition) is 6. The van der Waals surface area contributed by atoms with Crippen LogP contribution in [0.4, 0.5) is 10.1 Å². The lowest BCUT2D eigenvalue weighted by Crippen LogP contribution is -2.25. The largest absolute Gasteiger partial charge is 0.482 e. The quantitative estimate of drug-likeness (QED) is 0.489. The highest BCUT2D eigenvalue weighted by Crippen LogP contribution is 2.30. The van der Waals surface area contributed by atoms with Crippen LogP contribution in [0.5, 0.6) is 5.75 Å². The van der Waals surface area contributed by atoms with Crippen molar-refractivity contribution in [2.24, 2.45) is 0 Å². The van der Waals surface area contributed by atoms with Crippen molar-refractivity contribution in [2.75, 3.05) is 18.5 Å². The summed E-state index contributed by atoms with van der Waals surface area (Å²) in [4.78, 5) is 36.8. The summed E-state index contributed by atoms with van der Waals surface area (Å²) < 4.78 is 25.4. The maximum Gasteiger partial charge on any atom is 0.359 e. The molecule has 0 atom stereocenters. The minimum Gasteiger partial charge on any atom is -0.482 e. The zero-order valence-electron chi connectivity index (χ0n) is 16.9. The van der Waals surface area contributed by atoms with Crippen molar-refractivity contribution < 1.29 is 28.2 Å². The number of esters is 1. The van der Waals surface area contributed by atoms with Crippen LogP contribution in [-0.4, -0.2) is 40.7 Å². The molecule has 1 N–H and O–H groups in total. The lowest BCUT2D eigenvalue weighted by atomic mass is 10.1. The van der Waals surface area contributed by atoms with Gasteiger partial charge in [-0.25, -0.2) is 13.9 Å². The number of ketones is 1. The molecular formula is C23H18FN3O5. The maximum absolute atomic E-state index is 13.3. The second-order valence-electron chi connectivity index (χ2n) is 7.56. The monoisotopic (exact) mass is 435 g/mol. The predicted molar refractivity (Wildman–Crippen MR) is 111 cm³/mol. The van der Waals surface area contributed by atoms with Crippen LogP contribution in [0.15, 0.2) is 42.5 Å². The molecule has 1 aliphatic carbocycles. The van der Waals surface area contributed by atoms with Crippen LogP contribution in [0.3, 0.4) is 0 Å². The number of nitrogens with one attached hydrogen (secondary N) is 1. The van der Waals surface area contributed by atoms with Crippen molar-refractivity contribution in [1.82, 2.24) is 9.78 Å². The van der Waals surface area contributed by atoms with Crippen LogP contribution in [0.25, 0.3) is 5.69 Å². The van der Waals surface area contributed by atoms with Crippen molar-refractivity contribution >= 4 is 23.3 Å². The molecule has 162 valence electrons. The zero-order chi connectivity index (χ0) is 22.2. The van der Waals surface area contributed by atoms with Gasteiger partial charge in [0.25, 0.3) is 5.91 Å². The number of nitrogens with zero attached hydrogens (tertiary/aromatic N) is 2. The Kier molecular flexibility index (Phi) is 4.93. The molecule has 2 aliphatic rings. The van der Waals surface area contributed by atoms with E-state index in [9.17, 15) is 18.8 Å². The van der Waals surface area contributed by atoms with Crippen LogP contribution in [0.2, 0.25) is 0 Å². The molecule has 0 spiro atoms. The van der Waals surface area contributed by atoms with Crippen molar-refractivity contribution in [1.29, 1.82) is 0 Å². The van der Waals surface area contributed by atoms with Gasteiger partial charge in [0.05, 0.1) is 11.4 Å². The molecule has 8 nitrogen and oxygen atoms in total. The normalized spacial score (nSPS) is 14.2. The molecule has 3 aromatic rings. The molecule has 2 aromatic carbocycles.